The molecule has 3 rings (SSSR count). The van der Waals surface area contributed by atoms with Gasteiger partial charge in [0.1, 0.15) is 0 Å². The number of rotatable bonds is 0. The van der Waals surface area contributed by atoms with E-state index in [1.165, 1.54) is 0 Å². The summed E-state index contributed by atoms with van der Waals surface area (Å²) in [5.74, 6) is 0. The first-order chi connectivity index (χ1) is 8.77. The third-order valence-electron chi connectivity index (χ3n) is 3.90. The highest BCUT2D eigenvalue weighted by Crippen LogP contribution is 2.33. The summed E-state index contributed by atoms with van der Waals surface area (Å²) in [7, 11) is 0. The third-order valence-corrected chi connectivity index (χ3v) is 3.90. The second kappa shape index (κ2) is 4.61. The molecule has 0 spiro atoms. The lowest BCUT2D eigenvalue weighted by atomic mass is 9.97. The Labute approximate surface area is 107 Å². The van der Waals surface area contributed by atoms with Crippen LogP contribution in [0.15, 0.2) is 24.3 Å². The summed E-state index contributed by atoms with van der Waals surface area (Å²) < 4.78 is 0. The van der Waals surface area contributed by atoms with Gasteiger partial charge >= 0.3 is 6.03 Å². The number of amides is 2. The van der Waals surface area contributed by atoms with Gasteiger partial charge in [0.15, 0.2) is 0 Å². The summed E-state index contributed by atoms with van der Waals surface area (Å²) in [4.78, 5) is 16.3. The van der Waals surface area contributed by atoms with Crippen LogP contribution in [0.5, 0.6) is 0 Å². The molecule has 1 aromatic carbocycles. The smallest absolute Gasteiger partial charge is 0.324 e. The highest BCUT2D eigenvalue weighted by molar-refractivity contribution is 5.93. The molecule has 1 aromatic rings. The van der Waals surface area contributed by atoms with Gasteiger partial charge in [0.05, 0.1) is 5.69 Å². The van der Waals surface area contributed by atoms with Crippen LogP contribution in [-0.2, 0) is 0 Å². The van der Waals surface area contributed by atoms with Crippen LogP contribution in [0.2, 0.25) is 0 Å². The fourth-order valence-electron chi connectivity index (χ4n) is 2.87. The molecule has 1 atom stereocenters. The monoisotopic (exact) mass is 245 g/mol. The zero-order chi connectivity index (χ0) is 12.5. The van der Waals surface area contributed by atoms with Gasteiger partial charge in [-0.15, -0.1) is 0 Å². The van der Waals surface area contributed by atoms with Gasteiger partial charge in [0, 0.05) is 25.7 Å². The molecule has 96 valence electrons. The molecule has 0 saturated carbocycles. The SMILES string of the molecule is NC1CCN(C(=O)N2CCCC2)c2ccccc21. The van der Waals surface area contributed by atoms with Crippen molar-refractivity contribution in [3.8, 4) is 0 Å². The van der Waals surface area contributed by atoms with Crippen molar-refractivity contribution in [2.24, 2.45) is 5.73 Å². The van der Waals surface area contributed by atoms with Gasteiger partial charge in [-0.2, -0.15) is 0 Å². The number of fused-ring (bicyclic) bond motifs is 1. The number of nitrogens with two attached hydrogens (primary N) is 1. The molecule has 0 aromatic heterocycles. The first-order valence-electron chi connectivity index (χ1n) is 6.68. The van der Waals surface area contributed by atoms with Crippen molar-refractivity contribution < 1.29 is 4.79 Å². The molecular weight excluding hydrogens is 226 g/mol. The van der Waals surface area contributed by atoms with E-state index in [9.17, 15) is 4.79 Å². The van der Waals surface area contributed by atoms with Crippen LogP contribution in [0.4, 0.5) is 10.5 Å². The first kappa shape index (κ1) is 11.5. The molecule has 1 saturated heterocycles. The zero-order valence-electron chi connectivity index (χ0n) is 10.5. The molecular formula is C14H19N3O. The number of benzene rings is 1. The van der Waals surface area contributed by atoms with E-state index in [2.05, 4.69) is 0 Å². The average molecular weight is 245 g/mol. The van der Waals surface area contributed by atoms with Crippen molar-refractivity contribution in [2.45, 2.75) is 25.3 Å². The third kappa shape index (κ3) is 1.86. The zero-order valence-corrected chi connectivity index (χ0v) is 10.5. The summed E-state index contributed by atoms with van der Waals surface area (Å²) in [6, 6.07) is 8.20. The Morgan fingerprint density at radius 2 is 1.89 bits per heavy atom. The minimum atomic E-state index is 0.0591. The number of hydrogen-bond donors (Lipinski definition) is 1. The minimum absolute atomic E-state index is 0.0591. The molecule has 4 heteroatoms. The van der Waals surface area contributed by atoms with Gasteiger partial charge in [-0.3, -0.25) is 4.90 Å². The van der Waals surface area contributed by atoms with Gasteiger partial charge in [-0.1, -0.05) is 18.2 Å². The Bertz CT molecular complexity index is 454. The lowest BCUT2D eigenvalue weighted by Gasteiger charge is -2.35. The Morgan fingerprint density at radius 3 is 2.67 bits per heavy atom. The fourth-order valence-corrected chi connectivity index (χ4v) is 2.87. The van der Waals surface area contributed by atoms with E-state index in [1.807, 2.05) is 34.1 Å². The van der Waals surface area contributed by atoms with Crippen molar-refractivity contribution in [3.05, 3.63) is 29.8 Å². The van der Waals surface area contributed by atoms with Gasteiger partial charge in [-0.25, -0.2) is 4.79 Å². The summed E-state index contributed by atoms with van der Waals surface area (Å²) in [5.41, 5.74) is 8.20. The van der Waals surface area contributed by atoms with Crippen LogP contribution in [0.3, 0.4) is 0 Å². The van der Waals surface area contributed by atoms with Crippen LogP contribution in [-0.4, -0.2) is 30.6 Å². The Hall–Kier alpha value is -1.55. The van der Waals surface area contributed by atoms with Gasteiger partial charge < -0.3 is 10.6 Å². The average Bonchev–Trinajstić information content (AvgIpc) is 2.93. The van der Waals surface area contributed by atoms with Crippen LogP contribution in [0.1, 0.15) is 30.9 Å². The molecule has 2 heterocycles. The van der Waals surface area contributed by atoms with E-state index in [4.69, 9.17) is 5.73 Å². The highest BCUT2D eigenvalue weighted by Gasteiger charge is 2.30. The second-order valence-electron chi connectivity index (χ2n) is 5.08. The fraction of sp³-hybridized carbons (Fsp3) is 0.500. The topological polar surface area (TPSA) is 49.6 Å². The maximum atomic E-state index is 12.5. The van der Waals surface area contributed by atoms with Gasteiger partial charge in [0.2, 0.25) is 0 Å². The van der Waals surface area contributed by atoms with Gasteiger partial charge in [0.25, 0.3) is 0 Å². The Balaban J connectivity index is 1.89. The number of anilines is 1. The Kier molecular flexibility index (Phi) is 2.96. The maximum absolute atomic E-state index is 12.5. The minimum Gasteiger partial charge on any atom is -0.324 e. The number of likely N-dealkylation sites (tertiary alicyclic amines) is 1. The predicted molar refractivity (Wildman–Crippen MR) is 71.5 cm³/mol. The molecule has 2 amide bonds. The highest BCUT2D eigenvalue weighted by atomic mass is 16.2. The predicted octanol–water partition coefficient (Wildman–Crippen LogP) is 2.11. The van der Waals surface area contributed by atoms with Crippen molar-refractivity contribution >= 4 is 11.7 Å². The van der Waals surface area contributed by atoms with E-state index in [-0.39, 0.29) is 12.1 Å². The van der Waals surface area contributed by atoms with Crippen LogP contribution in [0.25, 0.3) is 0 Å². The summed E-state index contributed by atoms with van der Waals surface area (Å²) in [5, 5.41) is 0. The van der Waals surface area contributed by atoms with E-state index in [0.717, 1.165) is 50.1 Å². The van der Waals surface area contributed by atoms with Gasteiger partial charge in [-0.05, 0) is 30.9 Å². The van der Waals surface area contributed by atoms with Crippen molar-refractivity contribution in [1.29, 1.82) is 0 Å². The van der Waals surface area contributed by atoms with Crippen LogP contribution >= 0.6 is 0 Å². The second-order valence-corrected chi connectivity index (χ2v) is 5.08. The molecule has 1 unspecified atom stereocenters. The van der Waals surface area contributed by atoms with Crippen molar-refractivity contribution in [3.63, 3.8) is 0 Å². The van der Waals surface area contributed by atoms with Crippen LogP contribution < -0.4 is 10.6 Å². The number of para-hydroxylation sites is 1. The number of nitrogens with zero attached hydrogens (tertiary/aromatic N) is 2. The molecule has 0 aliphatic carbocycles. The summed E-state index contributed by atoms with van der Waals surface area (Å²) in [6.45, 7) is 2.51. The molecule has 18 heavy (non-hydrogen) atoms. The molecule has 4 nitrogen and oxygen atoms in total. The quantitative estimate of drug-likeness (QED) is 0.761. The van der Waals surface area contributed by atoms with E-state index in [1.54, 1.807) is 0 Å². The van der Waals surface area contributed by atoms with E-state index >= 15 is 0 Å². The normalized spacial score (nSPS) is 23.1. The number of carbonyl (C=O) groups is 1. The number of urea groups is 1. The number of hydrogen-bond acceptors (Lipinski definition) is 2. The van der Waals surface area contributed by atoms with Crippen LogP contribution in [0, 0.1) is 0 Å². The summed E-state index contributed by atoms with van der Waals surface area (Å²) in [6.07, 6.45) is 3.10. The van der Waals surface area contributed by atoms with E-state index < -0.39 is 0 Å². The lowest BCUT2D eigenvalue weighted by Crippen LogP contribution is -2.45. The molecule has 1 fully saturated rings. The maximum Gasteiger partial charge on any atom is 0.324 e. The standard InChI is InChI=1S/C14H19N3O/c15-12-7-10-17(13-6-2-1-5-11(12)13)14(18)16-8-3-4-9-16/h1-2,5-6,12H,3-4,7-10,15H2. The summed E-state index contributed by atoms with van der Waals surface area (Å²) >= 11 is 0. The van der Waals surface area contributed by atoms with Crippen molar-refractivity contribution in [1.82, 2.24) is 4.90 Å². The number of carbonyl (C=O) groups excluding carboxylic acids is 1. The molecule has 0 radical (unpaired) electrons. The largest absolute Gasteiger partial charge is 0.324 e. The van der Waals surface area contributed by atoms with Crippen molar-refractivity contribution in [2.75, 3.05) is 24.5 Å². The molecule has 0 bridgehead atoms. The molecule has 2 aliphatic rings. The molecule has 2 aliphatic heterocycles. The Morgan fingerprint density at radius 1 is 1.17 bits per heavy atom. The first-order valence-corrected chi connectivity index (χ1v) is 6.68. The lowest BCUT2D eigenvalue weighted by molar-refractivity contribution is 0.214. The molecule has 2 N–H and O–H groups in total. The van der Waals surface area contributed by atoms with E-state index in [0.29, 0.717) is 0 Å².